The highest BCUT2D eigenvalue weighted by Gasteiger charge is 2.23. The summed E-state index contributed by atoms with van der Waals surface area (Å²) in [7, 11) is 1.94. The van der Waals surface area contributed by atoms with E-state index in [1.165, 1.54) is 0 Å². The second-order valence-corrected chi connectivity index (χ2v) is 4.62. The zero-order valence-corrected chi connectivity index (χ0v) is 11.0. The minimum absolute atomic E-state index is 0.108. The van der Waals surface area contributed by atoms with Crippen molar-refractivity contribution in [3.8, 4) is 5.75 Å². The zero-order chi connectivity index (χ0) is 13.1. The molecule has 4 nitrogen and oxygen atoms in total. The van der Waals surface area contributed by atoms with Crippen LogP contribution in [-0.2, 0) is 0 Å². The Kier molecular flexibility index (Phi) is 3.84. The van der Waals surface area contributed by atoms with Crippen molar-refractivity contribution in [3.05, 3.63) is 47.1 Å². The Labute approximate surface area is 112 Å². The van der Waals surface area contributed by atoms with Crippen LogP contribution in [0.2, 0.25) is 0 Å². The fourth-order valence-electron chi connectivity index (χ4n) is 1.61. The van der Waals surface area contributed by atoms with Crippen LogP contribution in [0.5, 0.6) is 5.75 Å². The van der Waals surface area contributed by atoms with Gasteiger partial charge in [-0.3, -0.25) is 10.0 Å². The van der Waals surface area contributed by atoms with Crippen molar-refractivity contribution in [3.63, 3.8) is 0 Å². The van der Waals surface area contributed by atoms with Gasteiger partial charge in [0.15, 0.2) is 0 Å². The van der Waals surface area contributed by atoms with Crippen molar-refractivity contribution in [2.24, 2.45) is 0 Å². The van der Waals surface area contributed by atoms with Crippen LogP contribution in [0, 0.1) is 0 Å². The summed E-state index contributed by atoms with van der Waals surface area (Å²) in [6, 6.07) is 7.00. The number of allylic oxidation sites excluding steroid dienone is 1. The third kappa shape index (κ3) is 3.00. The Hall–Kier alpha value is -1.59. The molecule has 0 fully saturated rings. The molecule has 0 bridgehead atoms. The molecule has 18 heavy (non-hydrogen) atoms. The molecule has 1 heterocycles. The summed E-state index contributed by atoms with van der Waals surface area (Å²) in [5, 5.41) is 22.0. The van der Waals surface area contributed by atoms with E-state index in [1.54, 1.807) is 12.1 Å². The number of thiol groups is 1. The van der Waals surface area contributed by atoms with Gasteiger partial charge in [0.25, 0.3) is 0 Å². The van der Waals surface area contributed by atoms with Crippen molar-refractivity contribution in [1.82, 2.24) is 5.01 Å². The number of rotatable bonds is 5. The van der Waals surface area contributed by atoms with Gasteiger partial charge in [0.2, 0.25) is 0 Å². The molecule has 0 amide bonds. The molecule has 0 aromatic heterocycles. The molecule has 1 aromatic carbocycles. The summed E-state index contributed by atoms with van der Waals surface area (Å²) in [5.74, 6) is 0.256. The van der Waals surface area contributed by atoms with Crippen LogP contribution in [0.25, 0.3) is 0 Å². The third-order valence-corrected chi connectivity index (χ3v) is 3.03. The van der Waals surface area contributed by atoms with Crippen LogP contribution in [0.1, 0.15) is 6.42 Å². The van der Waals surface area contributed by atoms with E-state index in [-0.39, 0.29) is 12.4 Å². The maximum Gasteiger partial charge on any atom is 0.115 e. The normalized spacial score (nSPS) is 14.5. The van der Waals surface area contributed by atoms with Gasteiger partial charge in [0.1, 0.15) is 5.75 Å². The molecule has 0 saturated carbocycles. The molecule has 0 atom stereocenters. The number of phenolic OH excluding ortho intramolecular Hbond substituents is 1. The molecule has 1 aliphatic heterocycles. The second kappa shape index (κ2) is 5.37. The lowest BCUT2D eigenvalue weighted by atomic mass is 10.3. The first-order valence-electron chi connectivity index (χ1n) is 5.66. The quantitative estimate of drug-likeness (QED) is 0.713. The average Bonchev–Trinajstić information content (AvgIpc) is 3.08. The van der Waals surface area contributed by atoms with E-state index < -0.39 is 0 Å². The van der Waals surface area contributed by atoms with Crippen LogP contribution >= 0.6 is 12.6 Å². The summed E-state index contributed by atoms with van der Waals surface area (Å²) in [5.41, 5.74) is 2.03. The Morgan fingerprint density at radius 2 is 2.06 bits per heavy atom. The number of phenols is 1. The number of aliphatic hydroxyl groups excluding tert-OH is 1. The van der Waals surface area contributed by atoms with Crippen molar-refractivity contribution < 1.29 is 10.2 Å². The van der Waals surface area contributed by atoms with E-state index >= 15 is 0 Å². The maximum absolute atomic E-state index is 9.23. The van der Waals surface area contributed by atoms with E-state index in [0.717, 1.165) is 16.3 Å². The van der Waals surface area contributed by atoms with Crippen molar-refractivity contribution in [1.29, 1.82) is 0 Å². The zero-order valence-electron chi connectivity index (χ0n) is 10.1. The molecular weight excluding hydrogens is 248 g/mol. The highest BCUT2D eigenvalue weighted by molar-refractivity contribution is 7.84. The number of hydrazine groups is 1. The largest absolute Gasteiger partial charge is 0.508 e. The highest BCUT2D eigenvalue weighted by Crippen LogP contribution is 2.30. The summed E-state index contributed by atoms with van der Waals surface area (Å²) in [6.45, 7) is 0.108. The molecule has 96 valence electrons. The molecule has 0 spiro atoms. The van der Waals surface area contributed by atoms with Crippen molar-refractivity contribution >= 4 is 18.3 Å². The molecule has 0 radical (unpaired) electrons. The SMILES string of the molecule is CN(c1ccc(O)cc1)N1C=C1/C=C(\S)CCO. The third-order valence-electron chi connectivity index (χ3n) is 2.68. The Balaban J connectivity index is 1.96. The lowest BCUT2D eigenvalue weighted by Crippen LogP contribution is -2.24. The molecule has 0 unspecified atom stereocenters. The Bertz CT molecular complexity index is 482. The van der Waals surface area contributed by atoms with Gasteiger partial charge in [-0.1, -0.05) is 0 Å². The van der Waals surface area contributed by atoms with E-state index in [0.29, 0.717) is 6.42 Å². The fraction of sp³-hybridized carbons (Fsp3) is 0.231. The van der Waals surface area contributed by atoms with Crippen LogP contribution < -0.4 is 5.01 Å². The molecular formula is C13H16N2O2S. The first-order chi connectivity index (χ1) is 8.61. The number of nitrogens with zero attached hydrogens (tertiary/aromatic N) is 2. The van der Waals surface area contributed by atoms with Crippen LogP contribution in [0.3, 0.4) is 0 Å². The van der Waals surface area contributed by atoms with Crippen LogP contribution in [0.15, 0.2) is 47.1 Å². The van der Waals surface area contributed by atoms with Gasteiger partial charge in [-0.2, -0.15) is 0 Å². The summed E-state index contributed by atoms with van der Waals surface area (Å²) < 4.78 is 0. The molecule has 1 aromatic rings. The average molecular weight is 264 g/mol. The van der Waals surface area contributed by atoms with Gasteiger partial charge in [-0.25, -0.2) is 0 Å². The molecule has 0 aliphatic carbocycles. The van der Waals surface area contributed by atoms with Gasteiger partial charge in [0, 0.05) is 20.1 Å². The minimum atomic E-state index is 0.108. The lowest BCUT2D eigenvalue weighted by molar-refractivity contribution is 0.301. The topological polar surface area (TPSA) is 46.7 Å². The fourth-order valence-corrected chi connectivity index (χ4v) is 1.84. The molecule has 2 rings (SSSR count). The number of aromatic hydroxyl groups is 1. The van der Waals surface area contributed by atoms with Crippen molar-refractivity contribution in [2.45, 2.75) is 6.42 Å². The van der Waals surface area contributed by atoms with Crippen LogP contribution in [0.4, 0.5) is 5.69 Å². The van der Waals surface area contributed by atoms with E-state index in [9.17, 15) is 5.11 Å². The number of anilines is 1. The first-order valence-corrected chi connectivity index (χ1v) is 6.10. The van der Waals surface area contributed by atoms with Gasteiger partial charge in [-0.15, -0.1) is 12.6 Å². The summed E-state index contributed by atoms with van der Waals surface area (Å²) in [6.07, 6.45) is 4.47. The first kappa shape index (κ1) is 12.9. The molecule has 0 saturated heterocycles. The van der Waals surface area contributed by atoms with Crippen molar-refractivity contribution in [2.75, 3.05) is 18.7 Å². The second-order valence-electron chi connectivity index (χ2n) is 4.05. The number of hydrogen-bond acceptors (Lipinski definition) is 5. The van der Waals surface area contributed by atoms with Gasteiger partial charge in [-0.05, 0) is 35.2 Å². The summed E-state index contributed by atoms with van der Waals surface area (Å²) >= 11 is 4.28. The maximum atomic E-state index is 9.23. The van der Waals surface area contributed by atoms with E-state index in [1.807, 2.05) is 41.5 Å². The van der Waals surface area contributed by atoms with E-state index in [2.05, 4.69) is 12.6 Å². The smallest absolute Gasteiger partial charge is 0.115 e. The Morgan fingerprint density at radius 1 is 1.39 bits per heavy atom. The molecule has 1 aliphatic rings. The number of benzene rings is 1. The van der Waals surface area contributed by atoms with E-state index in [4.69, 9.17) is 5.11 Å². The predicted octanol–water partition coefficient (Wildman–Crippen LogP) is 2.10. The minimum Gasteiger partial charge on any atom is -0.508 e. The number of aliphatic hydroxyl groups is 1. The Morgan fingerprint density at radius 3 is 2.67 bits per heavy atom. The predicted molar refractivity (Wildman–Crippen MR) is 75.2 cm³/mol. The van der Waals surface area contributed by atoms with Crippen LogP contribution in [-0.4, -0.2) is 28.9 Å². The molecule has 2 N–H and O–H groups in total. The van der Waals surface area contributed by atoms with Gasteiger partial charge in [0.05, 0.1) is 17.6 Å². The van der Waals surface area contributed by atoms with Gasteiger partial charge >= 0.3 is 0 Å². The number of hydrogen-bond donors (Lipinski definition) is 3. The summed E-state index contributed by atoms with van der Waals surface area (Å²) in [4.78, 5) is 0.852. The highest BCUT2D eigenvalue weighted by atomic mass is 32.1. The lowest BCUT2D eigenvalue weighted by Gasteiger charge is -2.22. The standard InChI is InChI=1S/C13H16N2O2S/c1-14(10-2-4-12(17)5-3-10)15-9-11(15)8-13(18)6-7-16/h2-5,8-9,16-18H,6-7H2,1H3/b13-8-. The molecule has 5 heteroatoms. The van der Waals surface area contributed by atoms with Gasteiger partial charge < -0.3 is 10.2 Å². The monoisotopic (exact) mass is 264 g/mol.